The van der Waals surface area contributed by atoms with Crippen LogP contribution in [0.25, 0.3) is 0 Å². The van der Waals surface area contributed by atoms with Gasteiger partial charge in [0.25, 0.3) is 0 Å². The molecule has 0 aliphatic rings. The van der Waals surface area contributed by atoms with Crippen LogP contribution in [0.15, 0.2) is 30.9 Å². The van der Waals surface area contributed by atoms with E-state index in [0.717, 1.165) is 6.08 Å². The highest BCUT2D eigenvalue weighted by Crippen LogP contribution is 2.16. The van der Waals surface area contributed by atoms with Crippen LogP contribution in [0, 0.1) is 6.92 Å². The third-order valence-electron chi connectivity index (χ3n) is 2.64. The minimum atomic E-state index is -1.20. The van der Waals surface area contributed by atoms with Crippen molar-refractivity contribution in [2.45, 2.75) is 20.0 Å². The smallest absolute Gasteiger partial charge is 0.339 e. The first-order chi connectivity index (χ1) is 9.86. The lowest BCUT2D eigenvalue weighted by Gasteiger charge is -2.14. The molecule has 0 saturated heterocycles. The van der Waals surface area contributed by atoms with E-state index < -0.39 is 24.0 Å². The quantitative estimate of drug-likeness (QED) is 0.637. The Labute approximate surface area is 122 Å². The molecule has 0 heterocycles. The maximum absolute atomic E-state index is 12.0. The van der Waals surface area contributed by atoms with Crippen molar-refractivity contribution < 1.29 is 29.0 Å². The fourth-order valence-electron chi connectivity index (χ4n) is 1.66. The molecular weight excluding hydrogens is 276 g/mol. The van der Waals surface area contributed by atoms with E-state index in [1.165, 1.54) is 13.0 Å². The lowest BCUT2D eigenvalue weighted by molar-refractivity contribution is -0.140. The molecule has 6 heteroatoms. The monoisotopic (exact) mass is 292 g/mol. The molecule has 1 rings (SSSR count). The van der Waals surface area contributed by atoms with Crippen LogP contribution in [0.1, 0.15) is 33.2 Å². The number of carbonyl (C=O) groups excluding carboxylic acids is 2. The molecule has 0 bridgehead atoms. The molecule has 0 aliphatic heterocycles. The molecule has 0 fully saturated rings. The van der Waals surface area contributed by atoms with Crippen LogP contribution in [0.4, 0.5) is 0 Å². The molecule has 1 aromatic carbocycles. The van der Waals surface area contributed by atoms with Crippen LogP contribution in [0.2, 0.25) is 0 Å². The number of benzene rings is 1. The first-order valence-corrected chi connectivity index (χ1v) is 6.20. The second kappa shape index (κ2) is 7.23. The van der Waals surface area contributed by atoms with Gasteiger partial charge in [0, 0.05) is 6.08 Å². The minimum Gasteiger partial charge on any atom is -0.478 e. The van der Waals surface area contributed by atoms with Crippen LogP contribution < -0.4 is 0 Å². The van der Waals surface area contributed by atoms with Crippen molar-refractivity contribution in [3.63, 3.8) is 0 Å². The van der Waals surface area contributed by atoms with Crippen LogP contribution in [0.3, 0.4) is 0 Å². The number of rotatable bonds is 6. The molecule has 0 amide bonds. The van der Waals surface area contributed by atoms with E-state index in [0.29, 0.717) is 5.56 Å². The Balaban J connectivity index is 2.81. The average Bonchev–Trinajstić information content (AvgIpc) is 2.43. The number of carboxylic acids is 1. The Morgan fingerprint density at radius 2 is 2.05 bits per heavy atom. The third-order valence-corrected chi connectivity index (χ3v) is 2.64. The number of hydrogen-bond acceptors (Lipinski definition) is 5. The van der Waals surface area contributed by atoms with Crippen molar-refractivity contribution >= 4 is 17.9 Å². The van der Waals surface area contributed by atoms with E-state index in [9.17, 15) is 14.4 Å². The lowest BCUT2D eigenvalue weighted by Crippen LogP contribution is -2.23. The molecule has 1 aromatic rings. The van der Waals surface area contributed by atoms with Crippen molar-refractivity contribution in [2.75, 3.05) is 6.61 Å². The number of aromatic carboxylic acids is 1. The summed E-state index contributed by atoms with van der Waals surface area (Å²) in [5.41, 5.74) is 0.324. The molecular formula is C15H16O6. The minimum absolute atomic E-state index is 0.0376. The molecule has 112 valence electrons. The molecule has 1 N–H and O–H groups in total. The van der Waals surface area contributed by atoms with Gasteiger partial charge in [-0.3, -0.25) is 0 Å². The van der Waals surface area contributed by atoms with E-state index in [1.807, 2.05) is 0 Å². The maximum Gasteiger partial charge on any atom is 0.339 e. The summed E-state index contributed by atoms with van der Waals surface area (Å²) in [5.74, 6) is -2.61. The predicted octanol–water partition coefficient (Wildman–Crippen LogP) is 1.97. The second-order valence-electron chi connectivity index (χ2n) is 4.35. The normalized spacial score (nSPS) is 11.3. The van der Waals surface area contributed by atoms with Crippen molar-refractivity contribution in [2.24, 2.45) is 0 Å². The number of hydrogen-bond donors (Lipinski definition) is 1. The van der Waals surface area contributed by atoms with Crippen molar-refractivity contribution in [1.29, 1.82) is 0 Å². The van der Waals surface area contributed by atoms with Gasteiger partial charge >= 0.3 is 17.9 Å². The van der Waals surface area contributed by atoms with E-state index in [4.69, 9.17) is 14.6 Å². The maximum atomic E-state index is 12.0. The number of esters is 2. The summed E-state index contributed by atoms with van der Waals surface area (Å²) in [4.78, 5) is 34.1. The number of aryl methyl sites for hydroxylation is 1. The first-order valence-electron chi connectivity index (χ1n) is 6.20. The number of carbonyl (C=O) groups is 3. The summed E-state index contributed by atoms with van der Waals surface area (Å²) in [6.07, 6.45) is 0.293. The highest BCUT2D eigenvalue weighted by atomic mass is 16.6. The predicted molar refractivity (Wildman–Crippen MR) is 74.2 cm³/mol. The lowest BCUT2D eigenvalue weighted by atomic mass is 10.0. The molecule has 0 aliphatic carbocycles. The summed E-state index contributed by atoms with van der Waals surface area (Å²) in [7, 11) is 0. The molecule has 0 aromatic heterocycles. The Bertz CT molecular complexity index is 576. The van der Waals surface area contributed by atoms with Crippen molar-refractivity contribution in [3.8, 4) is 0 Å². The van der Waals surface area contributed by atoms with E-state index in [-0.39, 0.29) is 17.7 Å². The summed E-state index contributed by atoms with van der Waals surface area (Å²) in [6.45, 7) is 6.23. The largest absolute Gasteiger partial charge is 0.478 e. The molecule has 6 nitrogen and oxygen atoms in total. The highest BCUT2D eigenvalue weighted by molar-refractivity contribution is 6.03. The fraction of sp³-hybridized carbons (Fsp3) is 0.267. The molecule has 0 saturated carbocycles. The molecule has 0 spiro atoms. The van der Waals surface area contributed by atoms with Crippen LogP contribution in [-0.2, 0) is 14.3 Å². The summed E-state index contributed by atoms with van der Waals surface area (Å²) < 4.78 is 9.80. The van der Waals surface area contributed by atoms with E-state index in [2.05, 4.69) is 6.58 Å². The van der Waals surface area contributed by atoms with Gasteiger partial charge in [-0.25, -0.2) is 14.4 Å². The Kier molecular flexibility index (Phi) is 5.66. The zero-order valence-corrected chi connectivity index (χ0v) is 11.8. The first kappa shape index (κ1) is 16.4. The topological polar surface area (TPSA) is 89.9 Å². The number of ether oxygens (including phenoxy) is 2. The van der Waals surface area contributed by atoms with Gasteiger partial charge in [0.1, 0.15) is 12.7 Å². The summed E-state index contributed by atoms with van der Waals surface area (Å²) in [6, 6.07) is 4.54. The zero-order valence-electron chi connectivity index (χ0n) is 11.8. The Morgan fingerprint density at radius 1 is 1.38 bits per heavy atom. The van der Waals surface area contributed by atoms with Gasteiger partial charge in [-0.15, -0.1) is 0 Å². The van der Waals surface area contributed by atoms with Crippen LogP contribution in [-0.4, -0.2) is 35.7 Å². The van der Waals surface area contributed by atoms with Crippen molar-refractivity contribution in [1.82, 2.24) is 0 Å². The van der Waals surface area contributed by atoms with Crippen LogP contribution in [0.5, 0.6) is 0 Å². The highest BCUT2D eigenvalue weighted by Gasteiger charge is 2.21. The fourth-order valence-corrected chi connectivity index (χ4v) is 1.66. The zero-order chi connectivity index (χ0) is 16.0. The molecule has 21 heavy (non-hydrogen) atoms. The summed E-state index contributed by atoms with van der Waals surface area (Å²) in [5, 5.41) is 9.15. The SMILES string of the molecule is C=CC(=O)OCC(C)OC(=O)c1cccc(C)c1C(=O)O. The number of carboxylic acid groups (broad SMARTS) is 1. The average molecular weight is 292 g/mol. The van der Waals surface area contributed by atoms with Gasteiger partial charge in [0.05, 0.1) is 11.1 Å². The Morgan fingerprint density at radius 3 is 2.62 bits per heavy atom. The van der Waals surface area contributed by atoms with Crippen molar-refractivity contribution in [3.05, 3.63) is 47.5 Å². The second-order valence-corrected chi connectivity index (χ2v) is 4.35. The van der Waals surface area contributed by atoms with Gasteiger partial charge in [-0.05, 0) is 25.5 Å². The van der Waals surface area contributed by atoms with Crippen LogP contribution >= 0.6 is 0 Å². The summed E-state index contributed by atoms with van der Waals surface area (Å²) >= 11 is 0. The van der Waals surface area contributed by atoms with Gasteiger partial charge in [-0.1, -0.05) is 18.7 Å². The van der Waals surface area contributed by atoms with Gasteiger partial charge in [0.15, 0.2) is 0 Å². The molecule has 0 radical (unpaired) electrons. The van der Waals surface area contributed by atoms with Gasteiger partial charge in [-0.2, -0.15) is 0 Å². The Hall–Kier alpha value is -2.63. The third kappa shape index (κ3) is 4.45. The standard InChI is InChI=1S/C15H16O6/c1-4-12(16)20-8-10(3)21-15(19)11-7-5-6-9(2)13(11)14(17)18/h4-7,10H,1,8H2,2-3H3,(H,17,18). The van der Waals surface area contributed by atoms with Gasteiger partial charge in [0.2, 0.25) is 0 Å². The van der Waals surface area contributed by atoms with Gasteiger partial charge < -0.3 is 14.6 Å². The molecule has 1 atom stereocenters. The molecule has 1 unspecified atom stereocenters. The van der Waals surface area contributed by atoms with E-state index >= 15 is 0 Å². The van der Waals surface area contributed by atoms with E-state index in [1.54, 1.807) is 19.1 Å².